The third kappa shape index (κ3) is 5.64. The number of hydrogen-bond acceptors (Lipinski definition) is 7. The summed E-state index contributed by atoms with van der Waals surface area (Å²) in [5, 5.41) is 9.54. The number of nitrogens with zero attached hydrogens (tertiary/aromatic N) is 5. The first-order chi connectivity index (χ1) is 16.5. The molecule has 0 saturated heterocycles. The normalized spacial score (nSPS) is 10.9. The summed E-state index contributed by atoms with van der Waals surface area (Å²) in [7, 11) is 0. The van der Waals surface area contributed by atoms with Crippen molar-refractivity contribution in [2.24, 2.45) is 0 Å². The SMILES string of the molecule is CCc1cnc(N(CCCOc2nc3ccccc3nc2C(=O)O)Cc2ccc(C)cc2)nc1. The van der Waals surface area contributed by atoms with Crippen molar-refractivity contribution in [2.75, 3.05) is 18.1 Å². The Balaban J connectivity index is 1.46. The van der Waals surface area contributed by atoms with Crippen molar-refractivity contribution < 1.29 is 14.6 Å². The first-order valence-corrected chi connectivity index (χ1v) is 11.3. The number of aromatic carboxylic acids is 1. The second-order valence-corrected chi connectivity index (χ2v) is 8.03. The number of carboxylic acids is 1. The van der Waals surface area contributed by atoms with E-state index in [1.54, 1.807) is 18.2 Å². The molecule has 174 valence electrons. The summed E-state index contributed by atoms with van der Waals surface area (Å²) in [6.07, 6.45) is 5.21. The largest absolute Gasteiger partial charge is 0.476 e. The fourth-order valence-corrected chi connectivity index (χ4v) is 3.51. The van der Waals surface area contributed by atoms with Gasteiger partial charge in [-0.3, -0.25) is 0 Å². The number of anilines is 1. The van der Waals surface area contributed by atoms with Crippen molar-refractivity contribution >= 4 is 23.0 Å². The second-order valence-electron chi connectivity index (χ2n) is 8.03. The van der Waals surface area contributed by atoms with Crippen molar-refractivity contribution in [3.05, 3.63) is 83.3 Å². The van der Waals surface area contributed by atoms with Crippen LogP contribution < -0.4 is 9.64 Å². The predicted molar refractivity (Wildman–Crippen MR) is 130 cm³/mol. The molecule has 34 heavy (non-hydrogen) atoms. The smallest absolute Gasteiger partial charge is 0.360 e. The van der Waals surface area contributed by atoms with Crippen LogP contribution in [0.2, 0.25) is 0 Å². The molecule has 0 saturated carbocycles. The van der Waals surface area contributed by atoms with Crippen LogP contribution >= 0.6 is 0 Å². The Hall–Kier alpha value is -4.07. The summed E-state index contributed by atoms with van der Waals surface area (Å²) < 4.78 is 5.77. The zero-order valence-corrected chi connectivity index (χ0v) is 19.3. The first kappa shape index (κ1) is 23.1. The number of rotatable bonds is 10. The lowest BCUT2D eigenvalue weighted by molar-refractivity contribution is 0.0684. The zero-order chi connectivity index (χ0) is 23.9. The van der Waals surface area contributed by atoms with Gasteiger partial charge in [0.25, 0.3) is 0 Å². The number of fused-ring (bicyclic) bond motifs is 1. The maximum atomic E-state index is 11.7. The highest BCUT2D eigenvalue weighted by molar-refractivity contribution is 5.90. The van der Waals surface area contributed by atoms with Crippen LogP contribution in [-0.2, 0) is 13.0 Å². The van der Waals surface area contributed by atoms with E-state index in [9.17, 15) is 9.90 Å². The molecule has 0 atom stereocenters. The van der Waals surface area contributed by atoms with Crippen LogP contribution in [0.1, 0.15) is 40.5 Å². The third-order valence-corrected chi connectivity index (χ3v) is 5.43. The van der Waals surface area contributed by atoms with Crippen molar-refractivity contribution in [3.8, 4) is 5.88 Å². The van der Waals surface area contributed by atoms with Crippen molar-refractivity contribution in [3.63, 3.8) is 0 Å². The Kier molecular flexibility index (Phi) is 7.27. The Morgan fingerprint density at radius 2 is 1.65 bits per heavy atom. The van der Waals surface area contributed by atoms with Gasteiger partial charge in [0.1, 0.15) is 0 Å². The topological polar surface area (TPSA) is 101 Å². The number of carbonyl (C=O) groups is 1. The van der Waals surface area contributed by atoms with Crippen LogP contribution in [0.25, 0.3) is 11.0 Å². The highest BCUT2D eigenvalue weighted by Crippen LogP contribution is 2.20. The Morgan fingerprint density at radius 1 is 0.971 bits per heavy atom. The quantitative estimate of drug-likeness (QED) is 0.348. The zero-order valence-electron chi connectivity index (χ0n) is 19.3. The van der Waals surface area contributed by atoms with E-state index < -0.39 is 5.97 Å². The molecule has 2 heterocycles. The molecule has 1 N–H and O–H groups in total. The molecule has 4 aromatic rings. The third-order valence-electron chi connectivity index (χ3n) is 5.43. The highest BCUT2D eigenvalue weighted by atomic mass is 16.5. The van der Waals surface area contributed by atoms with Crippen LogP contribution in [0.5, 0.6) is 5.88 Å². The molecular weight excluding hydrogens is 430 g/mol. The molecule has 0 bridgehead atoms. The number of hydrogen-bond donors (Lipinski definition) is 1. The minimum Gasteiger partial charge on any atom is -0.476 e. The lowest BCUT2D eigenvalue weighted by Gasteiger charge is -2.23. The van der Waals surface area contributed by atoms with Gasteiger partial charge in [0.2, 0.25) is 17.5 Å². The molecule has 0 aliphatic heterocycles. The average Bonchev–Trinajstić information content (AvgIpc) is 2.86. The second kappa shape index (κ2) is 10.7. The van der Waals surface area contributed by atoms with E-state index in [-0.39, 0.29) is 18.2 Å². The van der Waals surface area contributed by atoms with Gasteiger partial charge in [-0.25, -0.2) is 24.7 Å². The lowest BCUT2D eigenvalue weighted by Crippen LogP contribution is -2.27. The number of aryl methyl sites for hydroxylation is 2. The standard InChI is InChI=1S/C26H27N5O3/c1-3-19-15-27-26(28-16-19)31(17-20-11-9-18(2)10-12-20)13-6-14-34-24-23(25(32)33)29-21-7-4-5-8-22(21)30-24/h4-5,7-12,15-16H,3,6,13-14,17H2,1-2H3,(H,32,33). The van der Waals surface area contributed by atoms with Crippen molar-refractivity contribution in [1.82, 2.24) is 19.9 Å². The monoisotopic (exact) mass is 457 g/mol. The molecule has 2 aromatic heterocycles. The van der Waals surface area contributed by atoms with E-state index in [2.05, 4.69) is 62.9 Å². The van der Waals surface area contributed by atoms with E-state index in [1.165, 1.54) is 5.56 Å². The van der Waals surface area contributed by atoms with Crippen molar-refractivity contribution in [1.29, 1.82) is 0 Å². The molecular formula is C26H27N5O3. The van der Waals surface area contributed by atoms with E-state index in [4.69, 9.17) is 4.74 Å². The molecule has 0 aliphatic rings. The summed E-state index contributed by atoms with van der Waals surface area (Å²) in [6, 6.07) is 15.5. The van der Waals surface area contributed by atoms with Gasteiger partial charge in [0.15, 0.2) is 0 Å². The molecule has 0 radical (unpaired) electrons. The lowest BCUT2D eigenvalue weighted by atomic mass is 10.1. The summed E-state index contributed by atoms with van der Waals surface area (Å²) >= 11 is 0. The van der Waals surface area contributed by atoms with E-state index in [0.29, 0.717) is 36.5 Å². The number of para-hydroxylation sites is 2. The minimum absolute atomic E-state index is 0.0276. The molecule has 0 fully saturated rings. The Labute approximate surface area is 198 Å². The van der Waals surface area contributed by atoms with Gasteiger partial charge < -0.3 is 14.7 Å². The molecule has 0 unspecified atom stereocenters. The molecule has 0 amide bonds. The van der Waals surface area contributed by atoms with E-state index >= 15 is 0 Å². The van der Waals surface area contributed by atoms with E-state index in [0.717, 1.165) is 17.5 Å². The summed E-state index contributed by atoms with van der Waals surface area (Å²) in [5.74, 6) is -0.493. The maximum absolute atomic E-state index is 11.7. The van der Waals surface area contributed by atoms with Crippen LogP contribution in [0.3, 0.4) is 0 Å². The summed E-state index contributed by atoms with van der Waals surface area (Å²) in [6.45, 7) is 5.70. The van der Waals surface area contributed by atoms with Gasteiger partial charge >= 0.3 is 5.97 Å². The molecule has 4 rings (SSSR count). The maximum Gasteiger partial charge on any atom is 0.360 e. The van der Waals surface area contributed by atoms with Crippen LogP contribution in [0, 0.1) is 6.92 Å². The molecule has 0 spiro atoms. The molecule has 2 aromatic carbocycles. The van der Waals surface area contributed by atoms with Gasteiger partial charge in [-0.1, -0.05) is 48.9 Å². The number of carboxylic acid groups (broad SMARTS) is 1. The minimum atomic E-state index is -1.17. The van der Waals surface area contributed by atoms with Crippen LogP contribution in [0.15, 0.2) is 60.9 Å². The van der Waals surface area contributed by atoms with Crippen LogP contribution in [0.4, 0.5) is 5.95 Å². The van der Waals surface area contributed by atoms with Gasteiger partial charge in [0, 0.05) is 25.5 Å². The van der Waals surface area contributed by atoms with Crippen LogP contribution in [-0.4, -0.2) is 44.2 Å². The fraction of sp³-hybridized carbons (Fsp3) is 0.269. The summed E-state index contributed by atoms with van der Waals surface area (Å²) in [5.41, 5.74) is 4.37. The van der Waals surface area contributed by atoms with E-state index in [1.807, 2.05) is 18.5 Å². The average molecular weight is 458 g/mol. The predicted octanol–water partition coefficient (Wildman–Crippen LogP) is 4.46. The van der Waals surface area contributed by atoms with Crippen molar-refractivity contribution in [2.45, 2.75) is 33.2 Å². The molecule has 0 aliphatic carbocycles. The number of aromatic nitrogens is 4. The van der Waals surface area contributed by atoms with Gasteiger partial charge in [0.05, 0.1) is 17.6 Å². The Bertz CT molecular complexity index is 1260. The first-order valence-electron chi connectivity index (χ1n) is 11.3. The molecule has 8 heteroatoms. The number of ether oxygens (including phenoxy) is 1. The highest BCUT2D eigenvalue weighted by Gasteiger charge is 2.17. The Morgan fingerprint density at radius 3 is 2.29 bits per heavy atom. The number of benzene rings is 2. The summed E-state index contributed by atoms with van der Waals surface area (Å²) in [4.78, 5) is 31.4. The molecule has 8 nitrogen and oxygen atoms in total. The van der Waals surface area contributed by atoms with Gasteiger partial charge in [-0.05, 0) is 43.0 Å². The fourth-order valence-electron chi connectivity index (χ4n) is 3.51. The van der Waals surface area contributed by atoms with Gasteiger partial charge in [-0.15, -0.1) is 0 Å². The van der Waals surface area contributed by atoms with Gasteiger partial charge in [-0.2, -0.15) is 0 Å².